The number of carbonyl (C=O) groups excluding carboxylic acids is 1. The average molecular weight is 299 g/mol. The van der Waals surface area contributed by atoms with Gasteiger partial charge >= 0.3 is 0 Å². The largest absolute Gasteiger partial charge is 0.369 e. The predicted molar refractivity (Wildman–Crippen MR) is 80.1 cm³/mol. The van der Waals surface area contributed by atoms with Crippen molar-refractivity contribution in [1.82, 2.24) is 24.8 Å². The number of nitrogens with zero attached hydrogens (tertiary/aromatic N) is 5. The fourth-order valence-corrected chi connectivity index (χ4v) is 2.65. The Hall–Kier alpha value is -2.61. The lowest BCUT2D eigenvalue weighted by atomic mass is 10.1. The van der Waals surface area contributed by atoms with E-state index in [-0.39, 0.29) is 18.5 Å². The van der Waals surface area contributed by atoms with Crippen molar-refractivity contribution < 1.29 is 4.79 Å². The van der Waals surface area contributed by atoms with Crippen molar-refractivity contribution in [2.24, 2.45) is 5.73 Å². The van der Waals surface area contributed by atoms with Crippen LogP contribution in [0.1, 0.15) is 24.6 Å². The second-order valence-electron chi connectivity index (χ2n) is 5.12. The molecule has 2 aromatic heterocycles. The zero-order valence-electron chi connectivity index (χ0n) is 12.0. The van der Waals surface area contributed by atoms with Crippen LogP contribution in [0, 0.1) is 0 Å². The Bertz CT molecular complexity index is 649. The van der Waals surface area contributed by atoms with Gasteiger partial charge < -0.3 is 11.1 Å². The van der Waals surface area contributed by atoms with Crippen LogP contribution in [0.4, 0.5) is 11.8 Å². The molecule has 1 aliphatic rings. The summed E-state index contributed by atoms with van der Waals surface area (Å²) in [6, 6.07) is 1.96. The van der Waals surface area contributed by atoms with Gasteiger partial charge in [0.2, 0.25) is 11.9 Å². The predicted octanol–water partition coefficient (Wildman–Crippen LogP) is 0.632. The first-order chi connectivity index (χ1) is 10.7. The summed E-state index contributed by atoms with van der Waals surface area (Å²) in [6.45, 7) is 1.10. The Morgan fingerprint density at radius 1 is 1.36 bits per heavy atom. The van der Waals surface area contributed by atoms with Gasteiger partial charge in [0.1, 0.15) is 0 Å². The Labute approximate surface area is 127 Å². The Kier molecular flexibility index (Phi) is 4.19. The fraction of sp³-hybridized carbons (Fsp3) is 0.357. The molecule has 0 saturated carbocycles. The molecule has 0 aliphatic carbocycles. The Morgan fingerprint density at radius 3 is 3.05 bits per heavy atom. The number of rotatable bonds is 5. The number of amides is 1. The van der Waals surface area contributed by atoms with Crippen LogP contribution in [0.5, 0.6) is 0 Å². The van der Waals surface area contributed by atoms with Crippen molar-refractivity contribution in [3.05, 3.63) is 36.5 Å². The lowest BCUT2D eigenvalue weighted by molar-refractivity contribution is -0.119. The van der Waals surface area contributed by atoms with Crippen LogP contribution >= 0.6 is 0 Å². The molecular weight excluding hydrogens is 282 g/mol. The van der Waals surface area contributed by atoms with Crippen molar-refractivity contribution in [3.8, 4) is 0 Å². The number of hydrogen-bond donors (Lipinski definition) is 2. The molecule has 0 aromatic carbocycles. The lowest BCUT2D eigenvalue weighted by Gasteiger charge is -2.22. The van der Waals surface area contributed by atoms with E-state index >= 15 is 0 Å². The van der Waals surface area contributed by atoms with E-state index in [0.29, 0.717) is 11.8 Å². The molecule has 0 radical (unpaired) electrons. The smallest absolute Gasteiger partial charge is 0.231 e. The molecule has 22 heavy (non-hydrogen) atoms. The summed E-state index contributed by atoms with van der Waals surface area (Å²) >= 11 is 0. The minimum Gasteiger partial charge on any atom is -0.369 e. The summed E-state index contributed by atoms with van der Waals surface area (Å²) in [6.07, 6.45) is 8.47. The van der Waals surface area contributed by atoms with E-state index in [1.807, 2.05) is 6.07 Å². The van der Waals surface area contributed by atoms with Crippen LogP contribution in [0.25, 0.3) is 0 Å². The van der Waals surface area contributed by atoms with Gasteiger partial charge in [-0.05, 0) is 25.5 Å². The standard InChI is InChI=1S/C14H17N7O/c15-12(22)9-21-7-1-2-11(21)10-3-4-18-14(19-10)20-13-8-16-5-6-17-13/h3-6,8,11H,1-2,7,9H2,(H2,15,22)(H,17,18,19,20)/t11-/m0/s1. The van der Waals surface area contributed by atoms with E-state index < -0.39 is 0 Å². The van der Waals surface area contributed by atoms with Gasteiger partial charge in [0.15, 0.2) is 5.82 Å². The van der Waals surface area contributed by atoms with Gasteiger partial charge in [-0.15, -0.1) is 0 Å². The van der Waals surface area contributed by atoms with E-state index in [1.165, 1.54) is 0 Å². The molecule has 3 N–H and O–H groups in total. The molecule has 2 aromatic rings. The molecule has 0 spiro atoms. The van der Waals surface area contributed by atoms with Crippen molar-refractivity contribution in [2.45, 2.75) is 18.9 Å². The highest BCUT2D eigenvalue weighted by molar-refractivity contribution is 5.76. The molecule has 1 amide bonds. The minimum absolute atomic E-state index is 0.0953. The number of anilines is 2. The van der Waals surface area contributed by atoms with Crippen LogP contribution < -0.4 is 11.1 Å². The molecular formula is C14H17N7O. The van der Waals surface area contributed by atoms with Gasteiger partial charge in [0.05, 0.1) is 24.5 Å². The first-order valence-corrected chi connectivity index (χ1v) is 7.11. The molecule has 1 atom stereocenters. The van der Waals surface area contributed by atoms with Gasteiger partial charge in [0, 0.05) is 18.6 Å². The van der Waals surface area contributed by atoms with Gasteiger partial charge in [-0.3, -0.25) is 14.7 Å². The fourth-order valence-electron chi connectivity index (χ4n) is 2.65. The summed E-state index contributed by atoms with van der Waals surface area (Å²) < 4.78 is 0. The van der Waals surface area contributed by atoms with Gasteiger partial charge in [0.25, 0.3) is 0 Å². The zero-order valence-corrected chi connectivity index (χ0v) is 12.0. The second kappa shape index (κ2) is 6.44. The summed E-state index contributed by atoms with van der Waals surface area (Å²) in [5.41, 5.74) is 6.18. The quantitative estimate of drug-likeness (QED) is 0.833. The molecule has 8 nitrogen and oxygen atoms in total. The first kappa shape index (κ1) is 14.3. The zero-order chi connectivity index (χ0) is 15.4. The van der Waals surface area contributed by atoms with E-state index in [2.05, 4.69) is 30.2 Å². The van der Waals surface area contributed by atoms with E-state index in [4.69, 9.17) is 5.73 Å². The number of hydrogen-bond acceptors (Lipinski definition) is 7. The van der Waals surface area contributed by atoms with Gasteiger partial charge in [-0.1, -0.05) is 0 Å². The van der Waals surface area contributed by atoms with Crippen LogP contribution in [0.3, 0.4) is 0 Å². The van der Waals surface area contributed by atoms with Crippen molar-refractivity contribution in [1.29, 1.82) is 0 Å². The number of nitrogens with two attached hydrogens (primary N) is 1. The third kappa shape index (κ3) is 3.34. The highest BCUT2D eigenvalue weighted by Crippen LogP contribution is 2.30. The normalized spacial score (nSPS) is 18.3. The lowest BCUT2D eigenvalue weighted by Crippen LogP contribution is -2.33. The maximum absolute atomic E-state index is 11.2. The number of nitrogens with one attached hydrogen (secondary N) is 1. The van der Waals surface area contributed by atoms with Crippen molar-refractivity contribution in [2.75, 3.05) is 18.4 Å². The summed E-state index contributed by atoms with van der Waals surface area (Å²) in [4.78, 5) is 30.0. The topological polar surface area (TPSA) is 110 Å². The SMILES string of the molecule is NC(=O)CN1CCC[C@H]1c1ccnc(Nc2cnccn2)n1. The molecule has 0 bridgehead atoms. The minimum atomic E-state index is -0.320. The molecule has 1 saturated heterocycles. The average Bonchev–Trinajstić information content (AvgIpc) is 2.96. The van der Waals surface area contributed by atoms with Crippen molar-refractivity contribution >= 4 is 17.7 Å². The van der Waals surface area contributed by atoms with Crippen LogP contribution in [0.2, 0.25) is 0 Å². The number of likely N-dealkylation sites (tertiary alicyclic amines) is 1. The highest BCUT2D eigenvalue weighted by Gasteiger charge is 2.28. The van der Waals surface area contributed by atoms with Gasteiger partial charge in [-0.25, -0.2) is 15.0 Å². The molecule has 1 aliphatic heterocycles. The molecule has 3 heterocycles. The summed E-state index contributed by atoms with van der Waals surface area (Å²) in [5.74, 6) is 0.725. The van der Waals surface area contributed by atoms with Crippen LogP contribution in [0.15, 0.2) is 30.9 Å². The molecule has 1 fully saturated rings. The highest BCUT2D eigenvalue weighted by atomic mass is 16.1. The van der Waals surface area contributed by atoms with E-state index in [9.17, 15) is 4.79 Å². The Balaban J connectivity index is 1.77. The number of aromatic nitrogens is 4. The second-order valence-corrected chi connectivity index (χ2v) is 5.12. The third-order valence-electron chi connectivity index (χ3n) is 3.54. The number of carbonyl (C=O) groups is 1. The maximum Gasteiger partial charge on any atom is 0.231 e. The van der Waals surface area contributed by atoms with Crippen LogP contribution in [-0.4, -0.2) is 43.8 Å². The maximum atomic E-state index is 11.2. The molecule has 0 unspecified atom stereocenters. The molecule has 3 rings (SSSR count). The van der Waals surface area contributed by atoms with Gasteiger partial charge in [-0.2, -0.15) is 0 Å². The van der Waals surface area contributed by atoms with E-state index in [1.54, 1.807) is 24.8 Å². The Morgan fingerprint density at radius 2 is 2.27 bits per heavy atom. The van der Waals surface area contributed by atoms with E-state index in [0.717, 1.165) is 25.1 Å². The third-order valence-corrected chi connectivity index (χ3v) is 3.54. The number of primary amides is 1. The monoisotopic (exact) mass is 299 g/mol. The molecule has 114 valence electrons. The summed E-state index contributed by atoms with van der Waals surface area (Å²) in [5, 5.41) is 3.02. The first-order valence-electron chi connectivity index (χ1n) is 7.11. The van der Waals surface area contributed by atoms with Crippen LogP contribution in [-0.2, 0) is 4.79 Å². The molecule has 8 heteroatoms. The summed E-state index contributed by atoms with van der Waals surface area (Å²) in [7, 11) is 0. The van der Waals surface area contributed by atoms with Crippen molar-refractivity contribution in [3.63, 3.8) is 0 Å².